The van der Waals surface area contributed by atoms with Gasteiger partial charge in [-0.2, -0.15) is 31.4 Å². The minimum absolute atomic E-state index is 0.0780. The molecule has 2 fully saturated rings. The number of amides is 2. The molecule has 15 heteroatoms. The number of carbonyl (C=O) groups excluding carboxylic acids is 2. The molecular weight excluding hydrogens is 690 g/mol. The van der Waals surface area contributed by atoms with Crippen LogP contribution in [0.15, 0.2) is 72.9 Å². The van der Waals surface area contributed by atoms with Gasteiger partial charge in [0.05, 0.1) is 16.8 Å². The highest BCUT2D eigenvalue weighted by Gasteiger charge is 2.55. The fraction of sp³-hybridized carbons (Fsp3) is 0.405. The third kappa shape index (κ3) is 6.73. The van der Waals surface area contributed by atoms with Crippen molar-refractivity contribution in [3.05, 3.63) is 106 Å². The number of aromatic nitrogens is 3. The molecule has 9 nitrogen and oxygen atoms in total. The van der Waals surface area contributed by atoms with E-state index in [2.05, 4.69) is 10.3 Å². The zero-order valence-corrected chi connectivity index (χ0v) is 27.9. The molecule has 2 saturated heterocycles. The van der Waals surface area contributed by atoms with Crippen molar-refractivity contribution in [2.75, 3.05) is 36.4 Å². The summed E-state index contributed by atoms with van der Waals surface area (Å²) in [6.45, 7) is 1.10. The van der Waals surface area contributed by atoms with Gasteiger partial charge in [-0.3, -0.25) is 9.59 Å². The number of pyridine rings is 1. The molecule has 2 atom stereocenters. The Morgan fingerprint density at radius 1 is 0.865 bits per heavy atom. The van der Waals surface area contributed by atoms with Gasteiger partial charge in [0.2, 0.25) is 0 Å². The third-order valence-corrected chi connectivity index (χ3v) is 10.2. The fourth-order valence-electron chi connectivity index (χ4n) is 7.64. The number of hydrogen-bond donors (Lipinski definition) is 2. The van der Waals surface area contributed by atoms with Crippen molar-refractivity contribution < 1.29 is 41.0 Å². The first-order valence-electron chi connectivity index (χ1n) is 17.2. The fourth-order valence-corrected chi connectivity index (χ4v) is 7.64. The van der Waals surface area contributed by atoms with Crippen LogP contribution < -0.4 is 10.2 Å². The molecule has 2 aromatic carbocycles. The maximum atomic E-state index is 14.8. The summed E-state index contributed by atoms with van der Waals surface area (Å²) in [5.74, 6) is -5.02. The van der Waals surface area contributed by atoms with E-state index in [4.69, 9.17) is 5.10 Å². The van der Waals surface area contributed by atoms with Gasteiger partial charge in [0, 0.05) is 43.9 Å². The van der Waals surface area contributed by atoms with Gasteiger partial charge in [-0.05, 0) is 49.3 Å². The summed E-state index contributed by atoms with van der Waals surface area (Å²) in [7, 11) is 0. The standard InChI is InChI=1S/C37H36F6N6O3/c38-36(39,40)26-21-44-27(20-25(26)35(52)48-16-8-3-9-17-48)47-18-14-22(15-19-47)30-28-29(37(41,42)43)32(50)34(51)45-33(28)49(46-30)31(23-10-4-1-5-11-23)24-12-6-2-7-13-24/h1-2,4-7,10-13,20-22,29,31-32,50H,3,8-9,14-19H2,(H,45,51)/t29-,32-/m1/s1. The molecule has 52 heavy (non-hydrogen) atoms. The van der Waals surface area contributed by atoms with E-state index < -0.39 is 59.3 Å². The number of aliphatic hydroxyl groups excluding tert-OH is 1. The Balaban J connectivity index is 1.25. The number of nitrogens with one attached hydrogen (secondary N) is 1. The predicted molar refractivity (Wildman–Crippen MR) is 179 cm³/mol. The number of aliphatic hydroxyl groups is 1. The van der Waals surface area contributed by atoms with E-state index in [1.165, 1.54) is 9.58 Å². The summed E-state index contributed by atoms with van der Waals surface area (Å²) < 4.78 is 87.8. The van der Waals surface area contributed by atoms with Crippen molar-refractivity contribution in [3.63, 3.8) is 0 Å². The van der Waals surface area contributed by atoms with Crippen LogP contribution in [0.2, 0.25) is 0 Å². The Morgan fingerprint density at radius 3 is 2.02 bits per heavy atom. The van der Waals surface area contributed by atoms with Crippen molar-refractivity contribution in [3.8, 4) is 0 Å². The summed E-state index contributed by atoms with van der Waals surface area (Å²) in [5, 5.41) is 18.0. The van der Waals surface area contributed by atoms with E-state index in [0.29, 0.717) is 43.3 Å². The summed E-state index contributed by atoms with van der Waals surface area (Å²) in [4.78, 5) is 33.4. The highest BCUT2D eigenvalue weighted by atomic mass is 19.4. The van der Waals surface area contributed by atoms with E-state index in [9.17, 15) is 41.0 Å². The number of hydrogen-bond acceptors (Lipinski definition) is 6. The predicted octanol–water partition coefficient (Wildman–Crippen LogP) is 6.90. The molecule has 5 heterocycles. The van der Waals surface area contributed by atoms with E-state index in [0.717, 1.165) is 12.5 Å². The lowest BCUT2D eigenvalue weighted by molar-refractivity contribution is -0.177. The number of likely N-dealkylation sites (tertiary alicyclic amines) is 1. The van der Waals surface area contributed by atoms with Crippen molar-refractivity contribution >= 4 is 23.5 Å². The van der Waals surface area contributed by atoms with Crippen LogP contribution in [0.25, 0.3) is 0 Å². The first kappa shape index (κ1) is 35.5. The molecular formula is C37H36F6N6O3. The van der Waals surface area contributed by atoms with Crippen molar-refractivity contribution in [1.29, 1.82) is 0 Å². The number of alkyl halides is 6. The Kier molecular flexibility index (Phi) is 9.48. The van der Waals surface area contributed by atoms with Gasteiger partial charge in [-0.25, -0.2) is 9.67 Å². The molecule has 2 amide bonds. The van der Waals surface area contributed by atoms with Crippen LogP contribution in [0.3, 0.4) is 0 Å². The Morgan fingerprint density at radius 2 is 1.46 bits per heavy atom. The third-order valence-electron chi connectivity index (χ3n) is 10.2. The molecule has 7 rings (SSSR count). The second kappa shape index (κ2) is 13.9. The van der Waals surface area contributed by atoms with Gasteiger partial charge in [-0.15, -0.1) is 0 Å². The highest BCUT2D eigenvalue weighted by Crippen LogP contribution is 2.49. The molecule has 0 spiro atoms. The Hall–Kier alpha value is -4.92. The summed E-state index contributed by atoms with van der Waals surface area (Å²) in [6.07, 6.45) is -8.77. The van der Waals surface area contributed by atoms with Crippen molar-refractivity contribution in [1.82, 2.24) is 19.7 Å². The average molecular weight is 727 g/mol. The maximum Gasteiger partial charge on any atom is 0.418 e. The SMILES string of the molecule is O=C1Nc2c(c(C3CCN(c4cc(C(=O)N5CCCCC5)c(C(F)(F)F)cn4)CC3)nn2C(c2ccccc2)c2ccccc2)[C@@H](C(F)(F)F)[C@H]1O. The number of rotatable bonds is 6. The molecule has 4 aromatic rings. The number of nitrogens with zero attached hydrogens (tertiary/aromatic N) is 5. The molecule has 2 N–H and O–H groups in total. The van der Waals surface area contributed by atoms with Crippen molar-refractivity contribution in [2.45, 2.75) is 68.4 Å². The largest absolute Gasteiger partial charge is 0.418 e. The van der Waals surface area contributed by atoms with Crippen LogP contribution in [0, 0.1) is 0 Å². The van der Waals surface area contributed by atoms with E-state index >= 15 is 0 Å². The normalized spacial score (nSPS) is 20.2. The zero-order chi connectivity index (χ0) is 36.8. The molecule has 0 bridgehead atoms. The van der Waals surface area contributed by atoms with Gasteiger partial charge in [-0.1, -0.05) is 60.7 Å². The van der Waals surface area contributed by atoms with E-state index in [-0.39, 0.29) is 48.8 Å². The quantitative estimate of drug-likeness (QED) is 0.210. The molecule has 274 valence electrons. The lowest BCUT2D eigenvalue weighted by atomic mass is 9.82. The molecule has 3 aliphatic heterocycles. The minimum atomic E-state index is -4.99. The summed E-state index contributed by atoms with van der Waals surface area (Å²) >= 11 is 0. The molecule has 3 aliphatic rings. The van der Waals surface area contributed by atoms with E-state index in [1.807, 2.05) is 24.3 Å². The number of carbonyl (C=O) groups is 2. The average Bonchev–Trinajstić information content (AvgIpc) is 3.49. The van der Waals surface area contributed by atoms with Crippen LogP contribution >= 0.6 is 0 Å². The Labute approximate surface area is 295 Å². The number of anilines is 2. The van der Waals surface area contributed by atoms with Gasteiger partial charge < -0.3 is 20.2 Å². The van der Waals surface area contributed by atoms with E-state index in [1.54, 1.807) is 41.3 Å². The van der Waals surface area contributed by atoms with Crippen LogP contribution in [0.4, 0.5) is 38.0 Å². The molecule has 0 aliphatic carbocycles. The molecule has 0 unspecified atom stereocenters. The number of piperidine rings is 2. The molecule has 2 aromatic heterocycles. The summed E-state index contributed by atoms with van der Waals surface area (Å²) in [6, 6.07) is 18.4. The number of halogens is 6. The summed E-state index contributed by atoms with van der Waals surface area (Å²) in [5.41, 5.74) is -0.435. The van der Waals surface area contributed by atoms with Gasteiger partial charge in [0.25, 0.3) is 11.8 Å². The van der Waals surface area contributed by atoms with Crippen LogP contribution in [-0.4, -0.2) is 75.0 Å². The maximum absolute atomic E-state index is 14.8. The minimum Gasteiger partial charge on any atom is -0.382 e. The van der Waals surface area contributed by atoms with Gasteiger partial charge in [0.15, 0.2) is 0 Å². The first-order chi connectivity index (χ1) is 24.8. The molecule has 0 radical (unpaired) electrons. The second-order valence-electron chi connectivity index (χ2n) is 13.5. The lowest BCUT2D eigenvalue weighted by Crippen LogP contribution is -2.45. The smallest absolute Gasteiger partial charge is 0.382 e. The number of fused-ring (bicyclic) bond motifs is 1. The van der Waals surface area contributed by atoms with Crippen LogP contribution in [-0.2, 0) is 11.0 Å². The number of benzene rings is 2. The van der Waals surface area contributed by atoms with Crippen molar-refractivity contribution in [2.24, 2.45) is 0 Å². The zero-order valence-electron chi connectivity index (χ0n) is 27.9. The topological polar surface area (TPSA) is 104 Å². The van der Waals surface area contributed by atoms with Gasteiger partial charge in [0.1, 0.15) is 29.7 Å². The monoisotopic (exact) mass is 726 g/mol. The van der Waals surface area contributed by atoms with Crippen LogP contribution in [0.5, 0.6) is 0 Å². The second-order valence-corrected chi connectivity index (χ2v) is 13.5. The Bertz CT molecular complexity index is 1880. The first-order valence-corrected chi connectivity index (χ1v) is 17.2. The molecule has 0 saturated carbocycles. The van der Waals surface area contributed by atoms with Gasteiger partial charge >= 0.3 is 12.4 Å². The highest BCUT2D eigenvalue weighted by molar-refractivity contribution is 5.98. The van der Waals surface area contributed by atoms with Crippen LogP contribution in [0.1, 0.15) is 88.3 Å². The lowest BCUT2D eigenvalue weighted by Gasteiger charge is -2.35.